The molecule has 1 aliphatic heterocycles. The molecule has 0 fully saturated rings. The number of anilines is 2. The van der Waals surface area contributed by atoms with E-state index in [-0.39, 0.29) is 5.91 Å². The third-order valence-corrected chi connectivity index (χ3v) is 6.79. The Morgan fingerprint density at radius 2 is 2.22 bits per heavy atom. The number of benzene rings is 1. The number of fused-ring (bicyclic) bond motifs is 4. The van der Waals surface area contributed by atoms with Crippen molar-refractivity contribution in [2.45, 2.75) is 13.0 Å². The summed E-state index contributed by atoms with van der Waals surface area (Å²) in [5.74, 6) is 1.36. The minimum Gasteiger partial charge on any atom is -0.494 e. The minimum absolute atomic E-state index is 0.0480. The molecule has 6 rings (SSSR count). The summed E-state index contributed by atoms with van der Waals surface area (Å²) in [7, 11) is 1.63. The van der Waals surface area contributed by atoms with Crippen molar-refractivity contribution in [1.82, 2.24) is 35.0 Å². The van der Waals surface area contributed by atoms with E-state index in [1.54, 1.807) is 37.2 Å². The highest BCUT2D eigenvalue weighted by Crippen LogP contribution is 2.40. The van der Waals surface area contributed by atoms with Gasteiger partial charge in [-0.15, -0.1) is 11.3 Å². The Kier molecular flexibility index (Phi) is 4.28. The monoisotopic (exact) mass is 446 g/mol. The van der Waals surface area contributed by atoms with Crippen molar-refractivity contribution in [3.8, 4) is 5.75 Å². The largest absolute Gasteiger partial charge is 0.494 e. The maximum atomic E-state index is 12.7. The Hall–Kier alpha value is -3.99. The quantitative estimate of drug-likeness (QED) is 0.387. The summed E-state index contributed by atoms with van der Waals surface area (Å²) in [6.07, 6.45) is 7.14. The fraction of sp³-hybridized carbons (Fsp3) is 0.190. The van der Waals surface area contributed by atoms with Gasteiger partial charge in [-0.25, -0.2) is 15.0 Å². The first-order valence-electron chi connectivity index (χ1n) is 10.0. The number of amides is 1. The fourth-order valence-corrected chi connectivity index (χ4v) is 5.31. The lowest BCUT2D eigenvalue weighted by Crippen LogP contribution is -2.35. The molecular formula is C21H18N8O2S. The van der Waals surface area contributed by atoms with E-state index < -0.39 is 0 Å². The maximum Gasteiger partial charge on any atom is 0.272 e. The number of hydrogen-bond donors (Lipinski definition) is 3. The summed E-state index contributed by atoms with van der Waals surface area (Å²) < 4.78 is 5.57. The number of hydrogen-bond acceptors (Lipinski definition) is 8. The second kappa shape index (κ2) is 7.31. The van der Waals surface area contributed by atoms with Crippen LogP contribution in [0.25, 0.3) is 21.1 Å². The minimum atomic E-state index is -0.0480. The van der Waals surface area contributed by atoms with Gasteiger partial charge in [-0.3, -0.25) is 9.89 Å². The van der Waals surface area contributed by atoms with Gasteiger partial charge in [-0.1, -0.05) is 0 Å². The first-order chi connectivity index (χ1) is 15.7. The highest BCUT2D eigenvalue weighted by molar-refractivity contribution is 7.19. The average molecular weight is 446 g/mol. The Morgan fingerprint density at radius 3 is 3.06 bits per heavy atom. The first kappa shape index (κ1) is 18.8. The molecule has 0 radical (unpaired) electrons. The van der Waals surface area contributed by atoms with Crippen LogP contribution in [0.15, 0.2) is 37.2 Å². The van der Waals surface area contributed by atoms with Crippen LogP contribution in [0.3, 0.4) is 0 Å². The van der Waals surface area contributed by atoms with Gasteiger partial charge in [0.25, 0.3) is 5.91 Å². The summed E-state index contributed by atoms with van der Waals surface area (Å²) in [6.45, 7) is 1.16. The number of H-pyrrole nitrogens is 2. The molecule has 160 valence electrons. The number of rotatable bonds is 4. The smallest absolute Gasteiger partial charge is 0.272 e. The number of nitrogens with zero attached hydrogens (tertiary/aromatic N) is 5. The van der Waals surface area contributed by atoms with Crippen molar-refractivity contribution in [3.63, 3.8) is 0 Å². The highest BCUT2D eigenvalue weighted by atomic mass is 32.1. The van der Waals surface area contributed by atoms with Crippen LogP contribution in [-0.4, -0.2) is 54.6 Å². The van der Waals surface area contributed by atoms with Gasteiger partial charge >= 0.3 is 0 Å². The number of carbonyl (C=O) groups is 1. The number of ether oxygens (including phenoxy) is 1. The van der Waals surface area contributed by atoms with Crippen molar-refractivity contribution in [2.75, 3.05) is 19.0 Å². The van der Waals surface area contributed by atoms with Gasteiger partial charge in [-0.2, -0.15) is 5.10 Å². The number of carbonyl (C=O) groups excluding carboxylic acids is 1. The molecule has 1 aromatic carbocycles. The van der Waals surface area contributed by atoms with E-state index in [0.717, 1.165) is 43.9 Å². The molecule has 0 atom stereocenters. The van der Waals surface area contributed by atoms with Crippen molar-refractivity contribution >= 4 is 49.9 Å². The Balaban J connectivity index is 1.37. The fourth-order valence-electron chi connectivity index (χ4n) is 4.10. The summed E-state index contributed by atoms with van der Waals surface area (Å²) in [5, 5.41) is 12.5. The lowest BCUT2D eigenvalue weighted by atomic mass is 10.0. The van der Waals surface area contributed by atoms with Crippen LogP contribution in [0.2, 0.25) is 0 Å². The molecule has 0 saturated heterocycles. The maximum absolute atomic E-state index is 12.7. The van der Waals surface area contributed by atoms with Crippen molar-refractivity contribution in [3.05, 3.63) is 53.3 Å². The number of nitrogens with one attached hydrogen (secondary N) is 3. The number of imidazole rings is 1. The van der Waals surface area contributed by atoms with Crippen LogP contribution in [0.5, 0.6) is 5.75 Å². The van der Waals surface area contributed by atoms with E-state index in [9.17, 15) is 4.79 Å². The molecule has 10 nitrogen and oxygen atoms in total. The van der Waals surface area contributed by atoms with Crippen molar-refractivity contribution in [2.24, 2.45) is 0 Å². The van der Waals surface area contributed by atoms with E-state index in [1.165, 1.54) is 11.9 Å². The van der Waals surface area contributed by atoms with Gasteiger partial charge in [0.15, 0.2) is 0 Å². The first-order valence-corrected chi connectivity index (χ1v) is 10.8. The van der Waals surface area contributed by atoms with Gasteiger partial charge in [0.05, 0.1) is 49.0 Å². The molecule has 3 N–H and O–H groups in total. The summed E-state index contributed by atoms with van der Waals surface area (Å²) in [4.78, 5) is 32.5. The zero-order valence-corrected chi connectivity index (χ0v) is 17.9. The molecule has 5 aromatic rings. The third kappa shape index (κ3) is 2.97. The molecule has 11 heteroatoms. The summed E-state index contributed by atoms with van der Waals surface area (Å²) in [5.41, 5.74) is 3.38. The van der Waals surface area contributed by atoms with E-state index in [2.05, 4.69) is 35.5 Å². The van der Waals surface area contributed by atoms with Gasteiger partial charge in [-0.05, 0) is 18.1 Å². The number of thiophene rings is 1. The molecule has 4 aromatic heterocycles. The molecule has 1 aliphatic rings. The lowest BCUT2D eigenvalue weighted by molar-refractivity contribution is 0.0732. The highest BCUT2D eigenvalue weighted by Gasteiger charge is 2.27. The summed E-state index contributed by atoms with van der Waals surface area (Å²) in [6, 6.07) is 3.89. The van der Waals surface area contributed by atoms with Crippen molar-refractivity contribution in [1.29, 1.82) is 0 Å². The Bertz CT molecular complexity index is 1460. The molecule has 0 spiro atoms. The Labute approximate surface area is 185 Å². The molecule has 0 saturated carbocycles. The summed E-state index contributed by atoms with van der Waals surface area (Å²) >= 11 is 1.60. The van der Waals surface area contributed by atoms with E-state index in [0.29, 0.717) is 24.5 Å². The van der Waals surface area contributed by atoms with E-state index in [4.69, 9.17) is 4.74 Å². The van der Waals surface area contributed by atoms with Gasteiger partial charge in [0.2, 0.25) is 0 Å². The van der Waals surface area contributed by atoms with E-state index >= 15 is 0 Å². The number of aromatic nitrogens is 6. The van der Waals surface area contributed by atoms with Crippen LogP contribution in [0.4, 0.5) is 11.5 Å². The normalized spacial score (nSPS) is 13.5. The third-order valence-electron chi connectivity index (χ3n) is 5.67. The molecule has 0 aliphatic carbocycles. The van der Waals surface area contributed by atoms with Crippen LogP contribution < -0.4 is 10.1 Å². The second-order valence-corrected chi connectivity index (χ2v) is 8.57. The predicted molar refractivity (Wildman–Crippen MR) is 120 cm³/mol. The SMILES string of the molecule is COc1cc2[nH]ncc2cc1Nc1ncnc2sc3c(c12)CCN(C(=O)c1cnc[nH]1)C3. The van der Waals surface area contributed by atoms with Gasteiger partial charge < -0.3 is 19.9 Å². The zero-order valence-electron chi connectivity index (χ0n) is 17.0. The molecule has 0 unspecified atom stereocenters. The molecular weight excluding hydrogens is 428 g/mol. The topological polar surface area (TPSA) is 125 Å². The number of methoxy groups -OCH3 is 1. The standard InChI is InChI=1S/C21H18N8O2S/c1-31-16-5-13-11(6-26-28-13)4-14(16)27-19-18-12-2-3-29(21(30)15-7-22-9-23-15)8-17(12)32-20(18)25-10-24-19/h4-7,9-10H,2-3,8H2,1H3,(H,22,23)(H,26,28)(H,24,25,27). The van der Waals surface area contributed by atoms with Crippen LogP contribution in [-0.2, 0) is 13.0 Å². The van der Waals surface area contributed by atoms with Crippen LogP contribution in [0.1, 0.15) is 20.9 Å². The second-order valence-electron chi connectivity index (χ2n) is 7.48. The van der Waals surface area contributed by atoms with Crippen LogP contribution in [0, 0.1) is 0 Å². The molecule has 1 amide bonds. The van der Waals surface area contributed by atoms with E-state index in [1.807, 2.05) is 17.0 Å². The molecule has 32 heavy (non-hydrogen) atoms. The lowest BCUT2D eigenvalue weighted by Gasteiger charge is -2.26. The predicted octanol–water partition coefficient (Wildman–Crippen LogP) is 3.24. The number of aromatic amines is 2. The van der Waals surface area contributed by atoms with Crippen LogP contribution >= 0.6 is 11.3 Å². The van der Waals surface area contributed by atoms with Gasteiger partial charge in [0, 0.05) is 22.9 Å². The Morgan fingerprint density at radius 1 is 1.28 bits per heavy atom. The van der Waals surface area contributed by atoms with Crippen molar-refractivity contribution < 1.29 is 9.53 Å². The average Bonchev–Trinajstić information content (AvgIpc) is 3.56. The molecule has 5 heterocycles. The zero-order chi connectivity index (χ0) is 21.7. The molecule has 0 bridgehead atoms. The van der Waals surface area contributed by atoms with Gasteiger partial charge in [0.1, 0.15) is 28.4 Å².